The maximum atomic E-state index is 14.4. The van der Waals surface area contributed by atoms with Crippen LogP contribution in [0, 0.1) is 5.82 Å². The molecule has 0 bridgehead atoms. The Morgan fingerprint density at radius 3 is 2.61 bits per heavy atom. The number of aliphatic hydroxyl groups is 1. The van der Waals surface area contributed by atoms with Crippen LogP contribution in [-0.4, -0.2) is 32.0 Å². The summed E-state index contributed by atoms with van der Waals surface area (Å²) in [6.45, 7) is 4.69. The highest BCUT2D eigenvalue weighted by atomic mass is 35.5. The van der Waals surface area contributed by atoms with Crippen LogP contribution in [0.1, 0.15) is 50.2 Å². The number of alkyl halides is 3. The van der Waals surface area contributed by atoms with Crippen molar-refractivity contribution in [3.05, 3.63) is 58.3 Å². The fourth-order valence-corrected chi connectivity index (χ4v) is 4.90. The Bertz CT molecular complexity index is 1250. The van der Waals surface area contributed by atoms with E-state index >= 15 is 0 Å². The largest absolute Gasteiger partial charge is 0.505 e. The van der Waals surface area contributed by atoms with Crippen LogP contribution in [0.4, 0.5) is 23.2 Å². The molecule has 2 aromatic carbocycles. The summed E-state index contributed by atoms with van der Waals surface area (Å²) in [7, 11) is 0. The van der Waals surface area contributed by atoms with E-state index in [0.717, 1.165) is 6.07 Å². The zero-order valence-corrected chi connectivity index (χ0v) is 18.8. The standard InChI is InChI=1S/C23H22ClF4N3O2/c1-4-16-29-9-12-14(30-16)6-5-7-15(12)31-20-11-8-13(24)18(25)19(32)17(11)21(2,3)10-22(20,33)23(26,27)28/h5-9,20,31-33H,4,10H2,1-3H3. The molecule has 1 aromatic heterocycles. The van der Waals surface area contributed by atoms with E-state index in [4.69, 9.17) is 11.6 Å². The van der Waals surface area contributed by atoms with Crippen molar-refractivity contribution in [3.63, 3.8) is 0 Å². The van der Waals surface area contributed by atoms with E-state index in [0.29, 0.717) is 23.1 Å². The molecule has 1 aliphatic carbocycles. The Balaban J connectivity index is 1.96. The molecule has 0 radical (unpaired) electrons. The number of rotatable bonds is 3. The lowest BCUT2D eigenvalue weighted by Crippen LogP contribution is -2.58. The van der Waals surface area contributed by atoms with Gasteiger partial charge in [-0.25, -0.2) is 14.4 Å². The summed E-state index contributed by atoms with van der Waals surface area (Å²) in [5.74, 6) is -1.37. The molecule has 10 heteroatoms. The van der Waals surface area contributed by atoms with Crippen molar-refractivity contribution in [2.24, 2.45) is 0 Å². The number of fused-ring (bicyclic) bond motifs is 2. The van der Waals surface area contributed by atoms with Gasteiger partial charge in [-0.15, -0.1) is 0 Å². The topological polar surface area (TPSA) is 78.3 Å². The summed E-state index contributed by atoms with van der Waals surface area (Å²) in [4.78, 5) is 8.62. The molecule has 0 spiro atoms. The normalized spacial score (nSPS) is 22.3. The van der Waals surface area contributed by atoms with Gasteiger partial charge in [0, 0.05) is 29.3 Å². The molecule has 2 unspecified atom stereocenters. The van der Waals surface area contributed by atoms with E-state index in [1.807, 2.05) is 6.92 Å². The van der Waals surface area contributed by atoms with Crippen molar-refractivity contribution in [1.82, 2.24) is 9.97 Å². The van der Waals surface area contributed by atoms with Crippen LogP contribution in [0.15, 0.2) is 30.5 Å². The number of aryl methyl sites for hydroxylation is 1. The van der Waals surface area contributed by atoms with Gasteiger partial charge in [-0.2, -0.15) is 13.2 Å². The van der Waals surface area contributed by atoms with Gasteiger partial charge < -0.3 is 15.5 Å². The molecule has 0 fully saturated rings. The van der Waals surface area contributed by atoms with Crippen molar-refractivity contribution in [2.45, 2.75) is 56.8 Å². The molecule has 33 heavy (non-hydrogen) atoms. The summed E-state index contributed by atoms with van der Waals surface area (Å²) in [5.41, 5.74) is -4.08. The number of phenolic OH excluding ortho intramolecular Hbond substituents is 1. The Hall–Kier alpha value is -2.65. The third kappa shape index (κ3) is 3.67. The molecular formula is C23H22ClF4N3O2. The fraction of sp³-hybridized carbons (Fsp3) is 0.391. The maximum absolute atomic E-state index is 14.4. The third-order valence-electron chi connectivity index (χ3n) is 6.18. The van der Waals surface area contributed by atoms with Crippen molar-refractivity contribution in [1.29, 1.82) is 0 Å². The maximum Gasteiger partial charge on any atom is 0.419 e. The Morgan fingerprint density at radius 1 is 1.27 bits per heavy atom. The molecule has 0 amide bonds. The number of benzene rings is 2. The summed E-state index contributed by atoms with van der Waals surface area (Å²) in [5, 5.41) is 24.2. The van der Waals surface area contributed by atoms with Crippen molar-refractivity contribution in [2.75, 3.05) is 5.32 Å². The predicted molar refractivity (Wildman–Crippen MR) is 117 cm³/mol. The van der Waals surface area contributed by atoms with E-state index in [1.165, 1.54) is 20.0 Å². The van der Waals surface area contributed by atoms with E-state index < -0.39 is 46.2 Å². The number of nitrogens with one attached hydrogen (secondary N) is 1. The first-order valence-corrected chi connectivity index (χ1v) is 10.7. The smallest absolute Gasteiger partial charge is 0.419 e. The van der Waals surface area contributed by atoms with Crippen molar-refractivity contribution in [3.8, 4) is 5.75 Å². The van der Waals surface area contributed by atoms with Crippen molar-refractivity contribution < 1.29 is 27.8 Å². The van der Waals surface area contributed by atoms with E-state index in [1.54, 1.807) is 18.2 Å². The second-order valence-electron chi connectivity index (χ2n) is 8.92. The highest BCUT2D eigenvalue weighted by Crippen LogP contribution is 2.57. The van der Waals surface area contributed by atoms with E-state index in [2.05, 4.69) is 15.3 Å². The van der Waals surface area contributed by atoms with Crippen LogP contribution in [-0.2, 0) is 11.8 Å². The second kappa shape index (κ2) is 7.70. The molecule has 1 aliphatic rings. The first kappa shape index (κ1) is 23.5. The van der Waals surface area contributed by atoms with Crippen LogP contribution in [0.2, 0.25) is 5.02 Å². The molecule has 4 rings (SSSR count). The number of anilines is 1. The van der Waals surface area contributed by atoms with Gasteiger partial charge in [-0.1, -0.05) is 38.4 Å². The van der Waals surface area contributed by atoms with Gasteiger partial charge >= 0.3 is 6.18 Å². The van der Waals surface area contributed by atoms with Crippen LogP contribution >= 0.6 is 11.6 Å². The number of hydrogen-bond donors (Lipinski definition) is 3. The zero-order valence-electron chi connectivity index (χ0n) is 18.1. The van der Waals surface area contributed by atoms with Crippen LogP contribution in [0.3, 0.4) is 0 Å². The van der Waals surface area contributed by atoms with Gasteiger partial charge in [0.05, 0.1) is 16.6 Å². The minimum absolute atomic E-state index is 0.0411. The molecule has 0 saturated heterocycles. The summed E-state index contributed by atoms with van der Waals surface area (Å²) < 4.78 is 57.4. The first-order valence-electron chi connectivity index (χ1n) is 10.3. The van der Waals surface area contributed by atoms with Gasteiger partial charge in [0.15, 0.2) is 17.2 Å². The van der Waals surface area contributed by atoms with Gasteiger partial charge in [0.2, 0.25) is 0 Å². The van der Waals surface area contributed by atoms with Gasteiger partial charge in [0.25, 0.3) is 0 Å². The number of halogens is 5. The predicted octanol–water partition coefficient (Wildman–Crippen LogP) is 5.82. The average Bonchev–Trinajstić information content (AvgIpc) is 2.72. The summed E-state index contributed by atoms with van der Waals surface area (Å²) >= 11 is 5.90. The molecule has 1 heterocycles. The van der Waals surface area contributed by atoms with Crippen molar-refractivity contribution >= 4 is 28.2 Å². The SMILES string of the molecule is CCc1ncc2c(NC3c4cc(Cl)c(F)c(O)c4C(C)(C)CC3(O)C(F)(F)F)cccc2n1. The third-order valence-corrected chi connectivity index (χ3v) is 6.46. The molecule has 3 aromatic rings. The summed E-state index contributed by atoms with van der Waals surface area (Å²) in [6, 6.07) is 4.09. The Kier molecular flexibility index (Phi) is 5.48. The lowest BCUT2D eigenvalue weighted by molar-refractivity contribution is -0.276. The summed E-state index contributed by atoms with van der Waals surface area (Å²) in [6.07, 6.45) is -3.79. The molecule has 0 aliphatic heterocycles. The minimum Gasteiger partial charge on any atom is -0.505 e. The molecule has 5 nitrogen and oxygen atoms in total. The quantitative estimate of drug-likeness (QED) is 0.409. The Labute approximate surface area is 192 Å². The van der Waals surface area contributed by atoms with Gasteiger partial charge in [-0.05, 0) is 35.6 Å². The van der Waals surface area contributed by atoms with Crippen LogP contribution in [0.25, 0.3) is 10.9 Å². The Morgan fingerprint density at radius 2 is 1.97 bits per heavy atom. The van der Waals surface area contributed by atoms with E-state index in [-0.39, 0.29) is 16.8 Å². The number of phenols is 1. The van der Waals surface area contributed by atoms with Crippen LogP contribution in [0.5, 0.6) is 5.75 Å². The number of aromatic hydroxyl groups is 1. The van der Waals surface area contributed by atoms with Gasteiger partial charge in [0.1, 0.15) is 5.82 Å². The lowest BCUT2D eigenvalue weighted by atomic mass is 9.63. The molecule has 0 saturated carbocycles. The first-order chi connectivity index (χ1) is 15.3. The average molecular weight is 484 g/mol. The zero-order chi connectivity index (χ0) is 24.3. The van der Waals surface area contributed by atoms with Gasteiger partial charge in [-0.3, -0.25) is 0 Å². The number of nitrogens with zero attached hydrogens (tertiary/aromatic N) is 2. The molecule has 2 atom stereocenters. The molecule has 3 N–H and O–H groups in total. The lowest BCUT2D eigenvalue weighted by Gasteiger charge is -2.49. The second-order valence-corrected chi connectivity index (χ2v) is 9.33. The number of hydrogen-bond acceptors (Lipinski definition) is 5. The highest BCUT2D eigenvalue weighted by Gasteiger charge is 2.64. The molecule has 176 valence electrons. The molecular weight excluding hydrogens is 462 g/mol. The van der Waals surface area contributed by atoms with Crippen LogP contribution < -0.4 is 5.32 Å². The number of aromatic nitrogens is 2. The fourth-order valence-electron chi connectivity index (χ4n) is 4.70. The van der Waals surface area contributed by atoms with E-state index in [9.17, 15) is 27.8 Å². The minimum atomic E-state index is -5.05. The highest BCUT2D eigenvalue weighted by molar-refractivity contribution is 6.31. The monoisotopic (exact) mass is 483 g/mol.